The molecule has 1 aromatic carbocycles. The van der Waals surface area contributed by atoms with E-state index in [0.29, 0.717) is 28.8 Å². The minimum Gasteiger partial charge on any atom is -0.249 e. The van der Waals surface area contributed by atoms with Crippen LogP contribution in [0.5, 0.6) is 0 Å². The molecule has 0 fully saturated rings. The van der Waals surface area contributed by atoms with Gasteiger partial charge in [0, 0.05) is 24.6 Å². The van der Waals surface area contributed by atoms with Gasteiger partial charge in [0.15, 0.2) is 5.82 Å². The molecule has 0 aliphatic carbocycles. The number of hydrogen-bond acceptors (Lipinski definition) is 5. The number of benzene rings is 1. The molecule has 0 radical (unpaired) electrons. The summed E-state index contributed by atoms with van der Waals surface area (Å²) in [5.41, 5.74) is 1.10. The third kappa shape index (κ3) is 4.30. The highest BCUT2D eigenvalue weighted by molar-refractivity contribution is 7.98. The Kier molecular flexibility index (Phi) is 4.99. The van der Waals surface area contributed by atoms with Crippen LogP contribution in [-0.4, -0.2) is 24.6 Å². The van der Waals surface area contributed by atoms with Crippen molar-refractivity contribution in [1.82, 2.24) is 24.6 Å². The molecule has 0 unspecified atom stereocenters. The van der Waals surface area contributed by atoms with Crippen LogP contribution in [0.3, 0.4) is 0 Å². The summed E-state index contributed by atoms with van der Waals surface area (Å²) in [7, 11) is 0. The molecule has 4 aromatic rings. The van der Waals surface area contributed by atoms with Gasteiger partial charge in [-0.2, -0.15) is 18.2 Å². The number of fused-ring (bicyclic) bond motifs is 1. The molecule has 0 N–H and O–H groups in total. The summed E-state index contributed by atoms with van der Waals surface area (Å²) in [4.78, 5) is 12.8. The fourth-order valence-electron chi connectivity index (χ4n) is 2.57. The van der Waals surface area contributed by atoms with Crippen molar-refractivity contribution in [3.8, 4) is 0 Å². The zero-order valence-corrected chi connectivity index (χ0v) is 15.3. The molecule has 3 heterocycles. The Morgan fingerprint density at radius 3 is 2.50 bits per heavy atom. The standard InChI is InChI=1S/C19H14F3N5S/c20-19(21,22)14-6-7-17(23-11-14)28-12-15-8-9-27-18(24-15)25-16(26-27)10-13-4-2-1-3-5-13/h1-9,11H,10,12H2. The first-order chi connectivity index (χ1) is 13.5. The number of halogens is 3. The number of hydrogen-bond donors (Lipinski definition) is 0. The van der Waals surface area contributed by atoms with Crippen molar-refractivity contribution in [2.75, 3.05) is 0 Å². The molecule has 0 atom stereocenters. The summed E-state index contributed by atoms with van der Waals surface area (Å²) >= 11 is 1.31. The van der Waals surface area contributed by atoms with E-state index in [-0.39, 0.29) is 0 Å². The van der Waals surface area contributed by atoms with Crippen molar-refractivity contribution in [3.63, 3.8) is 0 Å². The Morgan fingerprint density at radius 1 is 0.964 bits per heavy atom. The molecule has 0 amide bonds. The molecular weight excluding hydrogens is 387 g/mol. The fraction of sp³-hybridized carbons (Fsp3) is 0.158. The smallest absolute Gasteiger partial charge is 0.249 e. The van der Waals surface area contributed by atoms with Crippen LogP contribution in [0.2, 0.25) is 0 Å². The molecule has 4 rings (SSSR count). The second kappa shape index (κ2) is 7.59. The van der Waals surface area contributed by atoms with Gasteiger partial charge in [0.25, 0.3) is 5.78 Å². The highest BCUT2D eigenvalue weighted by atomic mass is 32.2. The van der Waals surface area contributed by atoms with Gasteiger partial charge in [-0.1, -0.05) is 30.3 Å². The van der Waals surface area contributed by atoms with E-state index in [4.69, 9.17) is 0 Å². The van der Waals surface area contributed by atoms with Gasteiger partial charge in [-0.25, -0.2) is 14.5 Å². The summed E-state index contributed by atoms with van der Waals surface area (Å²) in [5.74, 6) is 1.63. The SMILES string of the molecule is FC(F)(F)c1ccc(SCc2ccn3nc(Cc4ccccc4)nc3n2)nc1. The number of alkyl halides is 3. The van der Waals surface area contributed by atoms with Crippen molar-refractivity contribution >= 4 is 17.5 Å². The number of rotatable bonds is 5. The van der Waals surface area contributed by atoms with Gasteiger partial charge in [0.1, 0.15) is 0 Å². The molecule has 0 saturated carbocycles. The predicted molar refractivity (Wildman–Crippen MR) is 98.8 cm³/mol. The van der Waals surface area contributed by atoms with Crippen molar-refractivity contribution in [2.24, 2.45) is 0 Å². The molecule has 5 nitrogen and oxygen atoms in total. The largest absolute Gasteiger partial charge is 0.417 e. The van der Waals surface area contributed by atoms with Crippen LogP contribution in [0.25, 0.3) is 5.78 Å². The topological polar surface area (TPSA) is 56.0 Å². The lowest BCUT2D eigenvalue weighted by Gasteiger charge is -2.06. The monoisotopic (exact) mass is 401 g/mol. The van der Waals surface area contributed by atoms with E-state index in [1.807, 2.05) is 36.4 Å². The quantitative estimate of drug-likeness (QED) is 0.464. The first-order valence-corrected chi connectivity index (χ1v) is 9.37. The first kappa shape index (κ1) is 18.4. The normalized spacial score (nSPS) is 11.8. The maximum Gasteiger partial charge on any atom is 0.417 e. The van der Waals surface area contributed by atoms with E-state index < -0.39 is 11.7 Å². The number of aromatic nitrogens is 5. The number of thioether (sulfide) groups is 1. The van der Waals surface area contributed by atoms with Crippen LogP contribution in [-0.2, 0) is 18.3 Å². The van der Waals surface area contributed by atoms with Crippen molar-refractivity contribution in [1.29, 1.82) is 0 Å². The van der Waals surface area contributed by atoms with Crippen molar-refractivity contribution in [3.05, 3.63) is 83.6 Å². The summed E-state index contributed by atoms with van der Waals surface area (Å²) in [5, 5.41) is 4.92. The van der Waals surface area contributed by atoms with Gasteiger partial charge >= 0.3 is 6.18 Å². The molecule has 0 saturated heterocycles. The average molecular weight is 401 g/mol. The molecule has 0 spiro atoms. The van der Waals surface area contributed by atoms with Gasteiger partial charge < -0.3 is 0 Å². The summed E-state index contributed by atoms with van der Waals surface area (Å²) in [6, 6.07) is 14.1. The zero-order chi connectivity index (χ0) is 19.6. The molecule has 142 valence electrons. The highest BCUT2D eigenvalue weighted by Gasteiger charge is 2.30. The van der Waals surface area contributed by atoms with Crippen molar-refractivity contribution in [2.45, 2.75) is 23.4 Å². The maximum absolute atomic E-state index is 12.6. The second-order valence-corrected chi connectivity index (χ2v) is 7.02. The predicted octanol–water partition coefficient (Wildman–Crippen LogP) is 4.42. The second-order valence-electron chi connectivity index (χ2n) is 6.03. The van der Waals surface area contributed by atoms with Gasteiger partial charge in [-0.15, -0.1) is 16.9 Å². The molecule has 0 aliphatic rings. The summed E-state index contributed by atoms with van der Waals surface area (Å²) in [6.45, 7) is 0. The van der Waals surface area contributed by atoms with E-state index in [0.717, 1.165) is 23.5 Å². The molecule has 9 heteroatoms. The lowest BCUT2D eigenvalue weighted by molar-refractivity contribution is -0.137. The van der Waals surface area contributed by atoms with Gasteiger partial charge in [0.2, 0.25) is 0 Å². The lowest BCUT2D eigenvalue weighted by atomic mass is 10.1. The first-order valence-electron chi connectivity index (χ1n) is 8.38. The zero-order valence-electron chi connectivity index (χ0n) is 14.5. The van der Waals surface area contributed by atoms with Crippen LogP contribution in [0.15, 0.2) is 66.0 Å². The van der Waals surface area contributed by atoms with Crippen LogP contribution >= 0.6 is 11.8 Å². The maximum atomic E-state index is 12.6. The van der Waals surface area contributed by atoms with E-state index >= 15 is 0 Å². The van der Waals surface area contributed by atoms with Crippen LogP contribution in [0, 0.1) is 0 Å². The van der Waals surface area contributed by atoms with E-state index in [9.17, 15) is 13.2 Å². The Balaban J connectivity index is 1.44. The fourth-order valence-corrected chi connectivity index (χ4v) is 3.32. The summed E-state index contributed by atoms with van der Waals surface area (Å²) < 4.78 is 39.4. The molecular formula is C19H14F3N5S. The number of pyridine rings is 1. The Labute approximate surface area is 162 Å². The van der Waals surface area contributed by atoms with Crippen LogP contribution in [0.1, 0.15) is 22.6 Å². The van der Waals surface area contributed by atoms with Gasteiger partial charge in [0.05, 0.1) is 16.3 Å². The molecule has 0 aliphatic heterocycles. The van der Waals surface area contributed by atoms with E-state index in [1.165, 1.54) is 17.8 Å². The van der Waals surface area contributed by atoms with Gasteiger partial charge in [-0.3, -0.25) is 0 Å². The van der Waals surface area contributed by atoms with Crippen molar-refractivity contribution < 1.29 is 13.2 Å². The van der Waals surface area contributed by atoms with Gasteiger partial charge in [-0.05, 0) is 23.8 Å². The van der Waals surface area contributed by atoms with E-state index in [1.54, 1.807) is 10.7 Å². The summed E-state index contributed by atoms with van der Waals surface area (Å²) in [6.07, 6.45) is -1.15. The highest BCUT2D eigenvalue weighted by Crippen LogP contribution is 2.30. The Bertz CT molecular complexity index is 1080. The Morgan fingerprint density at radius 2 is 1.79 bits per heavy atom. The average Bonchev–Trinajstić information content (AvgIpc) is 3.08. The molecule has 28 heavy (non-hydrogen) atoms. The minimum absolute atomic E-state index is 0.468. The Hall–Kier alpha value is -2.94. The third-order valence-corrected chi connectivity index (χ3v) is 4.92. The van der Waals surface area contributed by atoms with Crippen LogP contribution in [0.4, 0.5) is 13.2 Å². The van der Waals surface area contributed by atoms with Crippen LogP contribution < -0.4 is 0 Å². The lowest BCUT2D eigenvalue weighted by Crippen LogP contribution is -2.05. The third-order valence-electron chi connectivity index (χ3n) is 3.95. The molecule has 3 aromatic heterocycles. The van der Waals surface area contributed by atoms with E-state index in [2.05, 4.69) is 20.1 Å². The number of nitrogens with zero attached hydrogens (tertiary/aromatic N) is 5. The minimum atomic E-state index is -4.38. The molecule has 0 bridgehead atoms.